The molecule has 0 aliphatic heterocycles. The van der Waals surface area contributed by atoms with Crippen molar-refractivity contribution < 1.29 is 13.6 Å². The van der Waals surface area contributed by atoms with Crippen molar-refractivity contribution in [3.8, 4) is 11.7 Å². The molecule has 0 radical (unpaired) electrons. The van der Waals surface area contributed by atoms with Crippen LogP contribution in [0.15, 0.2) is 39.5 Å². The van der Waals surface area contributed by atoms with Gasteiger partial charge in [0.15, 0.2) is 11.5 Å². The second-order valence-electron chi connectivity index (χ2n) is 4.62. The Morgan fingerprint density at radius 2 is 2.19 bits per heavy atom. The lowest BCUT2D eigenvalue weighted by molar-refractivity contribution is 0.101. The van der Waals surface area contributed by atoms with Crippen LogP contribution in [0, 0.1) is 0 Å². The summed E-state index contributed by atoms with van der Waals surface area (Å²) in [5.41, 5.74) is 0.279. The number of carbonyl (C=O) groups excluding carboxylic acids is 1. The van der Waals surface area contributed by atoms with Crippen LogP contribution in [-0.4, -0.2) is 25.9 Å². The Kier molecular flexibility index (Phi) is 3.27. The first-order chi connectivity index (χ1) is 10.1. The molecule has 0 aromatic carbocycles. The fourth-order valence-corrected chi connectivity index (χ4v) is 1.68. The average molecular weight is 287 g/mol. The molecule has 0 bridgehead atoms. The number of rotatable bonds is 4. The maximum Gasteiger partial charge on any atom is 0.322 e. The summed E-state index contributed by atoms with van der Waals surface area (Å²) in [6.07, 6.45) is 3.23. The van der Waals surface area contributed by atoms with Crippen molar-refractivity contribution >= 4 is 11.9 Å². The van der Waals surface area contributed by atoms with Gasteiger partial charge in [-0.1, -0.05) is 5.10 Å². The molecular weight excluding hydrogens is 274 g/mol. The van der Waals surface area contributed by atoms with E-state index in [2.05, 4.69) is 20.6 Å². The van der Waals surface area contributed by atoms with E-state index in [1.54, 1.807) is 29.1 Å². The lowest BCUT2D eigenvalue weighted by Gasteiger charge is -2.03. The van der Waals surface area contributed by atoms with Crippen LogP contribution in [0.3, 0.4) is 0 Å². The van der Waals surface area contributed by atoms with E-state index in [1.165, 1.54) is 6.26 Å². The van der Waals surface area contributed by atoms with Crippen LogP contribution < -0.4 is 5.32 Å². The van der Waals surface area contributed by atoms with Crippen LogP contribution in [0.2, 0.25) is 0 Å². The summed E-state index contributed by atoms with van der Waals surface area (Å²) in [4.78, 5) is 12.0. The van der Waals surface area contributed by atoms with Gasteiger partial charge < -0.3 is 8.83 Å². The molecule has 8 heteroatoms. The van der Waals surface area contributed by atoms with Gasteiger partial charge in [0.05, 0.1) is 6.26 Å². The first-order valence-corrected chi connectivity index (χ1v) is 6.37. The maximum atomic E-state index is 12.0. The van der Waals surface area contributed by atoms with E-state index in [-0.39, 0.29) is 23.6 Å². The number of amides is 1. The van der Waals surface area contributed by atoms with Crippen LogP contribution in [0.25, 0.3) is 11.7 Å². The quantitative estimate of drug-likeness (QED) is 0.790. The fourth-order valence-electron chi connectivity index (χ4n) is 1.68. The average Bonchev–Trinajstić information content (AvgIpc) is 3.19. The van der Waals surface area contributed by atoms with Gasteiger partial charge in [-0.15, -0.1) is 5.10 Å². The Hall–Kier alpha value is -2.90. The number of hydrogen-bond donors (Lipinski definition) is 1. The zero-order chi connectivity index (χ0) is 14.8. The van der Waals surface area contributed by atoms with E-state index in [9.17, 15) is 4.79 Å². The summed E-state index contributed by atoms with van der Waals surface area (Å²) in [7, 11) is 0. The van der Waals surface area contributed by atoms with Gasteiger partial charge >= 0.3 is 6.01 Å². The van der Waals surface area contributed by atoms with Crippen molar-refractivity contribution in [3.05, 3.63) is 36.4 Å². The van der Waals surface area contributed by atoms with E-state index in [0.29, 0.717) is 5.76 Å². The highest BCUT2D eigenvalue weighted by atomic mass is 16.4. The van der Waals surface area contributed by atoms with Gasteiger partial charge in [0.2, 0.25) is 0 Å². The predicted octanol–water partition coefficient (Wildman–Crippen LogP) is 2.36. The van der Waals surface area contributed by atoms with Crippen molar-refractivity contribution in [3.63, 3.8) is 0 Å². The number of nitrogens with one attached hydrogen (secondary N) is 1. The first-order valence-electron chi connectivity index (χ1n) is 6.37. The third-order valence-corrected chi connectivity index (χ3v) is 2.75. The topological polar surface area (TPSA) is 99.0 Å². The number of carbonyl (C=O) groups is 1. The van der Waals surface area contributed by atoms with Gasteiger partial charge in [-0.2, -0.15) is 5.10 Å². The Balaban J connectivity index is 1.72. The van der Waals surface area contributed by atoms with Gasteiger partial charge in [-0.05, 0) is 32.0 Å². The zero-order valence-corrected chi connectivity index (χ0v) is 11.5. The van der Waals surface area contributed by atoms with Crippen molar-refractivity contribution in [2.24, 2.45) is 0 Å². The van der Waals surface area contributed by atoms with Gasteiger partial charge in [-0.25, -0.2) is 0 Å². The molecule has 3 heterocycles. The summed E-state index contributed by atoms with van der Waals surface area (Å²) in [6, 6.07) is 5.19. The number of nitrogens with zero attached hydrogens (tertiary/aromatic N) is 4. The Labute approximate surface area is 119 Å². The number of anilines is 1. The fraction of sp³-hybridized carbons (Fsp3) is 0.231. The molecule has 1 N–H and O–H groups in total. The number of furan rings is 1. The largest absolute Gasteiger partial charge is 0.459 e. The molecule has 0 spiro atoms. The van der Waals surface area contributed by atoms with Gasteiger partial charge in [0.25, 0.3) is 11.8 Å². The van der Waals surface area contributed by atoms with Crippen LogP contribution in [0.4, 0.5) is 6.01 Å². The highest BCUT2D eigenvalue weighted by Crippen LogP contribution is 2.20. The molecule has 8 nitrogen and oxygen atoms in total. The number of hydrogen-bond acceptors (Lipinski definition) is 6. The summed E-state index contributed by atoms with van der Waals surface area (Å²) >= 11 is 0. The van der Waals surface area contributed by atoms with E-state index in [0.717, 1.165) is 0 Å². The SMILES string of the molecule is CC(C)n1ccc(C(=O)Nc2nnc(-c3ccco3)o2)n1. The highest BCUT2D eigenvalue weighted by Gasteiger charge is 2.16. The van der Waals surface area contributed by atoms with Crippen molar-refractivity contribution in [1.29, 1.82) is 0 Å². The minimum atomic E-state index is -0.413. The van der Waals surface area contributed by atoms with Crippen molar-refractivity contribution in [2.75, 3.05) is 5.32 Å². The van der Waals surface area contributed by atoms with Gasteiger partial charge in [-0.3, -0.25) is 14.8 Å². The van der Waals surface area contributed by atoms with E-state index in [1.807, 2.05) is 13.8 Å². The number of aromatic nitrogens is 4. The van der Waals surface area contributed by atoms with Gasteiger partial charge in [0.1, 0.15) is 0 Å². The Bertz CT molecular complexity index is 742. The molecule has 21 heavy (non-hydrogen) atoms. The van der Waals surface area contributed by atoms with Crippen LogP contribution >= 0.6 is 0 Å². The predicted molar refractivity (Wildman–Crippen MR) is 72.6 cm³/mol. The molecule has 3 aromatic rings. The molecule has 0 unspecified atom stereocenters. The monoisotopic (exact) mass is 287 g/mol. The zero-order valence-electron chi connectivity index (χ0n) is 11.5. The third-order valence-electron chi connectivity index (χ3n) is 2.75. The lowest BCUT2D eigenvalue weighted by Crippen LogP contribution is -2.14. The third kappa shape index (κ3) is 2.69. The van der Waals surface area contributed by atoms with Gasteiger partial charge in [0, 0.05) is 12.2 Å². The molecule has 0 aliphatic carbocycles. The Morgan fingerprint density at radius 3 is 2.86 bits per heavy atom. The molecule has 0 aliphatic rings. The van der Waals surface area contributed by atoms with E-state index < -0.39 is 5.91 Å². The lowest BCUT2D eigenvalue weighted by atomic mass is 10.4. The van der Waals surface area contributed by atoms with E-state index >= 15 is 0 Å². The minimum Gasteiger partial charge on any atom is -0.459 e. The summed E-state index contributed by atoms with van der Waals surface area (Å²) in [5, 5.41) is 14.2. The first kappa shape index (κ1) is 13.1. The molecule has 1 amide bonds. The molecule has 0 atom stereocenters. The molecule has 0 fully saturated rings. The van der Waals surface area contributed by atoms with Crippen LogP contribution in [-0.2, 0) is 0 Å². The van der Waals surface area contributed by atoms with Crippen LogP contribution in [0.1, 0.15) is 30.4 Å². The smallest absolute Gasteiger partial charge is 0.322 e. The molecule has 0 saturated carbocycles. The molecule has 0 saturated heterocycles. The van der Waals surface area contributed by atoms with Crippen LogP contribution in [0.5, 0.6) is 0 Å². The summed E-state index contributed by atoms with van der Waals surface area (Å²) < 4.78 is 12.1. The molecular formula is C13H13N5O3. The molecule has 3 rings (SSSR count). The highest BCUT2D eigenvalue weighted by molar-refractivity contribution is 6.01. The summed E-state index contributed by atoms with van der Waals surface area (Å²) in [5.74, 6) is 0.221. The maximum absolute atomic E-state index is 12.0. The second-order valence-corrected chi connectivity index (χ2v) is 4.62. The van der Waals surface area contributed by atoms with E-state index in [4.69, 9.17) is 8.83 Å². The molecule has 3 aromatic heterocycles. The second kappa shape index (κ2) is 5.23. The van der Waals surface area contributed by atoms with Crippen molar-refractivity contribution in [2.45, 2.75) is 19.9 Å². The Morgan fingerprint density at radius 1 is 1.33 bits per heavy atom. The minimum absolute atomic E-state index is 0.00880. The standard InChI is InChI=1S/C13H13N5O3/c1-8(2)18-6-5-9(17-18)11(19)14-13-16-15-12(21-13)10-4-3-7-20-10/h3-8H,1-2H3,(H,14,16,19). The van der Waals surface area contributed by atoms with Crippen molar-refractivity contribution in [1.82, 2.24) is 20.0 Å². The normalized spacial score (nSPS) is 11.0. The molecule has 108 valence electrons. The summed E-state index contributed by atoms with van der Waals surface area (Å²) in [6.45, 7) is 3.95.